The molecule has 5 rings (SSSR count). The molecule has 2 atom stereocenters. The smallest absolute Gasteiger partial charge is 0.146 e. The van der Waals surface area contributed by atoms with E-state index in [9.17, 15) is 0 Å². The Hall–Kier alpha value is -2.66. The van der Waals surface area contributed by atoms with Crippen LogP contribution in [0.5, 0.6) is 0 Å². The topological polar surface area (TPSA) is 34.1 Å². The molecule has 0 N–H and O–H groups in total. The van der Waals surface area contributed by atoms with Crippen LogP contribution in [-0.4, -0.2) is 11.3 Å². The van der Waals surface area contributed by atoms with Gasteiger partial charge in [0, 0.05) is 32.5 Å². The SMILES string of the molecule is O=P(c1ccccc1)(c1ccccc1)[C@H]1CCC[C@H](P(=O)(c2ccccc2)c2ccccc2)C1. The van der Waals surface area contributed by atoms with Gasteiger partial charge in [-0.05, 0) is 19.3 Å². The van der Waals surface area contributed by atoms with Crippen molar-refractivity contribution in [1.29, 1.82) is 0 Å². The molecule has 0 amide bonds. The predicted molar refractivity (Wildman–Crippen MR) is 146 cm³/mol. The molecule has 4 aromatic rings. The van der Waals surface area contributed by atoms with Gasteiger partial charge in [-0.1, -0.05) is 128 Å². The molecule has 0 radical (unpaired) electrons. The van der Waals surface area contributed by atoms with Crippen molar-refractivity contribution in [1.82, 2.24) is 0 Å². The fraction of sp³-hybridized carbons (Fsp3) is 0.200. The summed E-state index contributed by atoms with van der Waals surface area (Å²) in [5.41, 5.74) is -0.0615. The lowest BCUT2D eigenvalue weighted by Gasteiger charge is -2.39. The van der Waals surface area contributed by atoms with E-state index in [1.54, 1.807) is 0 Å². The van der Waals surface area contributed by atoms with Gasteiger partial charge in [0.05, 0.1) is 0 Å². The maximum atomic E-state index is 15.0. The zero-order valence-corrected chi connectivity index (χ0v) is 21.0. The Bertz CT molecular complexity index is 1120. The third-order valence-electron chi connectivity index (χ3n) is 7.21. The lowest BCUT2D eigenvalue weighted by molar-refractivity contribution is 0.481. The first-order valence-corrected chi connectivity index (χ1v) is 15.6. The molecule has 1 aliphatic carbocycles. The summed E-state index contributed by atoms with van der Waals surface area (Å²) in [6.07, 6.45) is 3.41. The van der Waals surface area contributed by atoms with E-state index >= 15 is 9.13 Å². The third-order valence-corrected chi connectivity index (χ3v) is 14.5. The Morgan fingerprint density at radius 1 is 0.441 bits per heavy atom. The standard InChI is InChI=1S/C30H30O2P2/c31-33(25-14-5-1-6-15-25,26-16-7-2-8-17-26)29-22-13-23-30(24-29)34(32,27-18-9-3-10-19-27)28-20-11-4-12-21-28/h1-12,14-21,29-30H,13,22-24H2/t29-,30-/m0/s1. The molecule has 1 aliphatic rings. The highest BCUT2D eigenvalue weighted by molar-refractivity contribution is 7.80. The Kier molecular flexibility index (Phi) is 6.73. The first-order valence-electron chi connectivity index (χ1n) is 12.1. The van der Waals surface area contributed by atoms with Crippen molar-refractivity contribution in [3.05, 3.63) is 121 Å². The van der Waals surface area contributed by atoms with Crippen molar-refractivity contribution in [2.45, 2.75) is 37.0 Å². The van der Waals surface area contributed by atoms with Gasteiger partial charge in [0.15, 0.2) is 0 Å². The second kappa shape index (κ2) is 9.91. The molecule has 0 spiro atoms. The molecular formula is C30H30O2P2. The molecule has 0 saturated heterocycles. The molecule has 34 heavy (non-hydrogen) atoms. The minimum Gasteiger partial charge on any atom is -0.313 e. The maximum absolute atomic E-state index is 15.0. The highest BCUT2D eigenvalue weighted by Gasteiger charge is 2.45. The number of rotatable bonds is 6. The van der Waals surface area contributed by atoms with Crippen LogP contribution >= 0.6 is 14.3 Å². The Balaban J connectivity index is 1.60. The van der Waals surface area contributed by atoms with E-state index < -0.39 is 14.3 Å². The van der Waals surface area contributed by atoms with E-state index in [0.29, 0.717) is 6.42 Å². The first-order chi connectivity index (χ1) is 16.6. The largest absolute Gasteiger partial charge is 0.313 e. The van der Waals surface area contributed by atoms with Crippen LogP contribution < -0.4 is 21.2 Å². The average molecular weight is 485 g/mol. The molecule has 0 bridgehead atoms. The molecule has 4 aromatic carbocycles. The minimum absolute atomic E-state index is 0.0307. The Morgan fingerprint density at radius 3 is 0.971 bits per heavy atom. The molecule has 0 heterocycles. The number of hydrogen-bond donors (Lipinski definition) is 0. The van der Waals surface area contributed by atoms with Crippen molar-refractivity contribution in [3.63, 3.8) is 0 Å². The molecule has 4 heteroatoms. The van der Waals surface area contributed by atoms with Gasteiger partial charge in [0.25, 0.3) is 0 Å². The number of hydrogen-bond acceptors (Lipinski definition) is 2. The summed E-state index contributed by atoms with van der Waals surface area (Å²) in [4.78, 5) is 0. The van der Waals surface area contributed by atoms with Crippen molar-refractivity contribution in [2.75, 3.05) is 0 Å². The first kappa shape index (κ1) is 23.1. The molecule has 0 unspecified atom stereocenters. The molecular weight excluding hydrogens is 454 g/mol. The van der Waals surface area contributed by atoms with Gasteiger partial charge in [-0.3, -0.25) is 0 Å². The Morgan fingerprint density at radius 2 is 0.706 bits per heavy atom. The zero-order valence-electron chi connectivity index (χ0n) is 19.2. The average Bonchev–Trinajstić information content (AvgIpc) is 2.94. The maximum Gasteiger partial charge on any atom is 0.146 e. The van der Waals surface area contributed by atoms with Gasteiger partial charge in [-0.15, -0.1) is 0 Å². The lowest BCUT2D eigenvalue weighted by Crippen LogP contribution is -2.35. The van der Waals surface area contributed by atoms with Crippen molar-refractivity contribution >= 4 is 35.5 Å². The summed E-state index contributed by atoms with van der Waals surface area (Å²) in [5, 5.41) is 3.62. The fourth-order valence-electron chi connectivity index (χ4n) is 5.54. The third kappa shape index (κ3) is 4.15. The summed E-state index contributed by atoms with van der Waals surface area (Å²) >= 11 is 0. The van der Waals surface area contributed by atoms with E-state index in [4.69, 9.17) is 0 Å². The second-order valence-electron chi connectivity index (χ2n) is 9.13. The van der Waals surface area contributed by atoms with E-state index in [-0.39, 0.29) is 11.3 Å². The van der Waals surface area contributed by atoms with E-state index in [1.807, 2.05) is 121 Å². The summed E-state index contributed by atoms with van der Waals surface area (Å²) in [7, 11) is -5.82. The zero-order chi connectivity index (χ0) is 23.4. The highest BCUT2D eigenvalue weighted by atomic mass is 31.2. The van der Waals surface area contributed by atoms with Crippen LogP contribution in [0.15, 0.2) is 121 Å². The molecule has 2 nitrogen and oxygen atoms in total. The van der Waals surface area contributed by atoms with E-state index in [0.717, 1.165) is 40.5 Å². The second-order valence-corrected chi connectivity index (χ2v) is 15.3. The molecule has 0 aliphatic heterocycles. The van der Waals surface area contributed by atoms with E-state index in [2.05, 4.69) is 0 Å². The van der Waals surface area contributed by atoms with Gasteiger partial charge in [-0.25, -0.2) is 0 Å². The summed E-state index contributed by atoms with van der Waals surface area (Å²) in [5.74, 6) is 0. The van der Waals surface area contributed by atoms with Crippen LogP contribution in [0.25, 0.3) is 0 Å². The quantitative estimate of drug-likeness (QED) is 0.300. The summed E-state index contributed by atoms with van der Waals surface area (Å²) in [6.45, 7) is 0. The monoisotopic (exact) mass is 484 g/mol. The Labute approximate surface area is 202 Å². The summed E-state index contributed by atoms with van der Waals surface area (Å²) in [6, 6.07) is 39.7. The normalized spacial score (nSPS) is 18.9. The van der Waals surface area contributed by atoms with Crippen LogP contribution in [0.2, 0.25) is 0 Å². The minimum atomic E-state index is -2.91. The fourth-order valence-corrected chi connectivity index (χ4v) is 12.6. The molecule has 1 saturated carbocycles. The highest BCUT2D eigenvalue weighted by Crippen LogP contribution is 2.60. The molecule has 172 valence electrons. The van der Waals surface area contributed by atoms with Crippen LogP contribution in [0.1, 0.15) is 25.7 Å². The molecule has 1 fully saturated rings. The van der Waals surface area contributed by atoms with Crippen LogP contribution in [0.4, 0.5) is 0 Å². The van der Waals surface area contributed by atoms with E-state index in [1.165, 1.54) is 0 Å². The van der Waals surface area contributed by atoms with Gasteiger partial charge >= 0.3 is 0 Å². The van der Waals surface area contributed by atoms with Gasteiger partial charge in [0.1, 0.15) is 14.3 Å². The van der Waals surface area contributed by atoms with Crippen LogP contribution in [-0.2, 0) is 9.13 Å². The van der Waals surface area contributed by atoms with Gasteiger partial charge in [0.2, 0.25) is 0 Å². The van der Waals surface area contributed by atoms with Crippen molar-refractivity contribution < 1.29 is 9.13 Å². The van der Waals surface area contributed by atoms with Gasteiger partial charge in [-0.2, -0.15) is 0 Å². The van der Waals surface area contributed by atoms with Crippen molar-refractivity contribution in [2.24, 2.45) is 0 Å². The van der Waals surface area contributed by atoms with Crippen LogP contribution in [0.3, 0.4) is 0 Å². The molecule has 0 aromatic heterocycles. The summed E-state index contributed by atoms with van der Waals surface area (Å²) < 4.78 is 30.1. The lowest BCUT2D eigenvalue weighted by atomic mass is 9.99. The van der Waals surface area contributed by atoms with Gasteiger partial charge < -0.3 is 9.13 Å². The van der Waals surface area contributed by atoms with Crippen molar-refractivity contribution in [3.8, 4) is 0 Å². The number of benzene rings is 4. The predicted octanol–water partition coefficient (Wildman–Crippen LogP) is 6.33. The van der Waals surface area contributed by atoms with Crippen LogP contribution in [0, 0.1) is 0 Å².